The Balaban J connectivity index is 0.000000338. The van der Waals surface area contributed by atoms with Gasteiger partial charge in [-0.3, -0.25) is 19.8 Å². The Morgan fingerprint density at radius 3 is 1.78 bits per heavy atom. The van der Waals surface area contributed by atoms with E-state index in [1.165, 1.54) is 5.56 Å². The number of likely N-dealkylation sites (N-methyl/N-ethyl adjacent to an activating group) is 1. The molecule has 0 aromatic carbocycles. The molecule has 50 heavy (non-hydrogen) atoms. The number of rotatable bonds is 4. The van der Waals surface area contributed by atoms with Gasteiger partial charge in [0.05, 0.1) is 11.6 Å². The molecule has 272 valence electrons. The second-order valence-corrected chi connectivity index (χ2v) is 9.96. The lowest BCUT2D eigenvalue weighted by atomic mass is 10.1. The molecule has 13 nitrogen and oxygen atoms in total. The number of piperazine rings is 1. The molecule has 1 atom stereocenters. The number of nitrogens with zero attached hydrogens (tertiary/aromatic N) is 7. The van der Waals surface area contributed by atoms with Crippen molar-refractivity contribution >= 4 is 23.4 Å². The van der Waals surface area contributed by atoms with E-state index in [0.717, 1.165) is 48.5 Å². The molecule has 1 fully saturated rings. The Bertz CT molecular complexity index is 1650. The topological polar surface area (TPSA) is 174 Å². The third-order valence-corrected chi connectivity index (χ3v) is 6.36. The Morgan fingerprint density at radius 2 is 1.30 bits per heavy atom. The quantitative estimate of drug-likeness (QED) is 0.250. The van der Waals surface area contributed by atoms with Crippen molar-refractivity contribution < 1.29 is 69.2 Å². The Morgan fingerprint density at radius 1 is 0.760 bits per heavy atom. The van der Waals surface area contributed by atoms with Crippen LogP contribution in [0.3, 0.4) is 0 Å². The first-order valence-corrected chi connectivity index (χ1v) is 13.6. The van der Waals surface area contributed by atoms with Crippen molar-refractivity contribution in [3.05, 3.63) is 78.6 Å². The number of pyridine rings is 3. The average Bonchev–Trinajstić information content (AvgIpc) is 3.46. The second kappa shape index (κ2) is 17.3. The average molecular weight is 728 g/mol. The molecule has 4 aromatic rings. The van der Waals surface area contributed by atoms with Crippen LogP contribution in [0.2, 0.25) is 0 Å². The molecule has 0 aliphatic carbocycles. The van der Waals surface area contributed by atoms with Gasteiger partial charge in [0, 0.05) is 62.7 Å². The molecule has 0 bridgehead atoms. The van der Waals surface area contributed by atoms with Crippen molar-refractivity contribution in [2.75, 3.05) is 26.7 Å². The van der Waals surface area contributed by atoms with E-state index in [9.17, 15) is 39.5 Å². The van der Waals surface area contributed by atoms with Gasteiger partial charge in [0.15, 0.2) is 0 Å². The molecule has 3 N–H and O–H groups in total. The molecule has 5 rings (SSSR count). The lowest BCUT2D eigenvalue weighted by Gasteiger charge is -2.38. The highest BCUT2D eigenvalue weighted by molar-refractivity contribution is 5.73. The van der Waals surface area contributed by atoms with Gasteiger partial charge in [-0.1, -0.05) is 17.3 Å². The van der Waals surface area contributed by atoms with E-state index in [1.807, 2.05) is 41.3 Å². The summed E-state index contributed by atoms with van der Waals surface area (Å²) in [4.78, 5) is 39.9. The van der Waals surface area contributed by atoms with Gasteiger partial charge in [-0.15, -0.1) is 5.10 Å². The van der Waals surface area contributed by atoms with Crippen molar-refractivity contribution in [1.82, 2.24) is 34.6 Å². The van der Waals surface area contributed by atoms with Gasteiger partial charge in [-0.25, -0.2) is 18.9 Å². The summed E-state index contributed by atoms with van der Waals surface area (Å²) in [7, 11) is 2.17. The van der Waals surface area contributed by atoms with Crippen LogP contribution >= 0.6 is 0 Å². The van der Waals surface area contributed by atoms with Crippen LogP contribution in [0.5, 0.6) is 0 Å². The number of hydrogen-bond donors (Lipinski definition) is 3. The smallest absolute Gasteiger partial charge is 0.475 e. The predicted molar refractivity (Wildman–Crippen MR) is 152 cm³/mol. The van der Waals surface area contributed by atoms with Crippen molar-refractivity contribution in [2.45, 2.75) is 31.1 Å². The first-order chi connectivity index (χ1) is 23.1. The zero-order valence-corrected chi connectivity index (χ0v) is 25.4. The first kappa shape index (κ1) is 40.8. The zero-order valence-electron chi connectivity index (χ0n) is 25.4. The lowest BCUT2D eigenvalue weighted by Crippen LogP contribution is -2.46. The fourth-order valence-corrected chi connectivity index (χ4v) is 3.99. The summed E-state index contributed by atoms with van der Waals surface area (Å²) in [6, 6.07) is 12.6. The van der Waals surface area contributed by atoms with Gasteiger partial charge in [0.1, 0.15) is 5.69 Å². The Kier molecular flexibility index (Phi) is 14.1. The van der Waals surface area contributed by atoms with E-state index in [0.29, 0.717) is 0 Å². The van der Waals surface area contributed by atoms with Crippen molar-refractivity contribution in [1.29, 1.82) is 0 Å². The summed E-state index contributed by atoms with van der Waals surface area (Å²) in [6.07, 6.45) is -5.83. The number of aromatic nitrogens is 5. The van der Waals surface area contributed by atoms with E-state index in [1.54, 1.807) is 12.4 Å². The molecular weight excluding hydrogens is 701 g/mol. The third-order valence-electron chi connectivity index (χ3n) is 6.36. The number of aliphatic carboxylic acids is 3. The van der Waals surface area contributed by atoms with Crippen LogP contribution in [0.4, 0.5) is 39.5 Å². The molecule has 1 unspecified atom stereocenters. The maximum absolute atomic E-state index is 10.6. The number of carbonyl (C=O) groups is 3. The van der Waals surface area contributed by atoms with Crippen molar-refractivity contribution in [3.8, 4) is 11.1 Å². The summed E-state index contributed by atoms with van der Waals surface area (Å²) in [5.41, 5.74) is 5.56. The van der Waals surface area contributed by atoms with Gasteiger partial charge in [-0.05, 0) is 42.4 Å². The molecule has 0 saturated carbocycles. The maximum Gasteiger partial charge on any atom is 0.490 e. The molecule has 22 heteroatoms. The number of carboxylic acid groups (broad SMARTS) is 3. The third kappa shape index (κ3) is 12.9. The van der Waals surface area contributed by atoms with Gasteiger partial charge < -0.3 is 15.3 Å². The largest absolute Gasteiger partial charge is 0.490 e. The van der Waals surface area contributed by atoms with Gasteiger partial charge in [0.2, 0.25) is 0 Å². The molecule has 0 spiro atoms. The van der Waals surface area contributed by atoms with Gasteiger partial charge in [-0.2, -0.15) is 39.5 Å². The minimum atomic E-state index is -5.08. The zero-order chi connectivity index (χ0) is 37.9. The monoisotopic (exact) mass is 727 g/mol. The van der Waals surface area contributed by atoms with Gasteiger partial charge >= 0.3 is 36.4 Å². The number of alkyl halides is 9. The summed E-state index contributed by atoms with van der Waals surface area (Å²) in [5.74, 6) is -8.27. The molecular formula is C28H26F9N7O6. The highest BCUT2D eigenvalue weighted by atomic mass is 19.4. The van der Waals surface area contributed by atoms with Crippen LogP contribution in [-0.4, -0.2) is 113 Å². The number of fused-ring (bicyclic) bond motifs is 1. The first-order valence-electron chi connectivity index (χ1n) is 13.6. The molecule has 1 aliphatic heterocycles. The SMILES string of the molecule is CN1CCN(Cc2cccnc2)CC1c1nnn2cc(-c3ccncc3)ccc12.O=C(O)C(F)(F)F.O=C(O)C(F)(F)F.O=C(O)C(F)(F)F. The van der Waals surface area contributed by atoms with E-state index in [2.05, 4.69) is 55.3 Å². The molecule has 0 radical (unpaired) electrons. The van der Waals surface area contributed by atoms with E-state index >= 15 is 0 Å². The standard InChI is InChI=1S/C22H23N7.3C2HF3O2/c1-27-11-12-28(14-17-3-2-8-24-13-17)16-21(27)22-20-5-4-19(15-29(20)26-25-22)18-6-9-23-10-7-18;3*3-2(4,5)1(6)7/h2-10,13,15,21H,11-12,14,16H2,1H3;3*(H,6,7). The molecule has 0 amide bonds. The number of carboxylic acids is 3. The summed E-state index contributed by atoms with van der Waals surface area (Å²) in [6.45, 7) is 3.86. The fourth-order valence-electron chi connectivity index (χ4n) is 3.99. The highest BCUT2D eigenvalue weighted by Crippen LogP contribution is 2.28. The molecule has 4 aromatic heterocycles. The summed E-state index contributed by atoms with van der Waals surface area (Å²) in [5, 5.41) is 30.4. The fraction of sp³-hybridized carbons (Fsp3) is 0.321. The molecule has 5 heterocycles. The molecule has 1 aliphatic rings. The predicted octanol–water partition coefficient (Wildman–Crippen LogP) is 4.57. The van der Waals surface area contributed by atoms with Crippen LogP contribution in [0, 0.1) is 0 Å². The van der Waals surface area contributed by atoms with Crippen LogP contribution in [-0.2, 0) is 20.9 Å². The van der Waals surface area contributed by atoms with E-state index < -0.39 is 36.4 Å². The maximum atomic E-state index is 10.6. The van der Waals surface area contributed by atoms with Crippen molar-refractivity contribution in [3.63, 3.8) is 0 Å². The summed E-state index contributed by atoms with van der Waals surface area (Å²) < 4.78 is 97.1. The number of hydrogen-bond acceptors (Lipinski definition) is 9. The van der Waals surface area contributed by atoms with E-state index in [4.69, 9.17) is 29.7 Å². The highest BCUT2D eigenvalue weighted by Gasteiger charge is 2.39. The lowest BCUT2D eigenvalue weighted by molar-refractivity contribution is -0.193. The van der Waals surface area contributed by atoms with Crippen LogP contribution in [0.15, 0.2) is 67.4 Å². The normalized spacial score (nSPS) is 15.4. The molecule has 1 saturated heterocycles. The number of halogens is 9. The van der Waals surface area contributed by atoms with Gasteiger partial charge in [0.25, 0.3) is 0 Å². The van der Waals surface area contributed by atoms with Crippen LogP contribution in [0.1, 0.15) is 17.3 Å². The Labute approximate surface area is 275 Å². The van der Waals surface area contributed by atoms with Crippen LogP contribution in [0.25, 0.3) is 16.6 Å². The van der Waals surface area contributed by atoms with Crippen molar-refractivity contribution in [2.24, 2.45) is 0 Å². The second-order valence-electron chi connectivity index (χ2n) is 9.96. The van der Waals surface area contributed by atoms with Crippen LogP contribution < -0.4 is 0 Å². The van der Waals surface area contributed by atoms with E-state index in [-0.39, 0.29) is 6.04 Å². The Hall–Kier alpha value is -5.38. The minimum Gasteiger partial charge on any atom is -0.475 e. The minimum absolute atomic E-state index is 0.213. The summed E-state index contributed by atoms with van der Waals surface area (Å²) >= 11 is 0.